The van der Waals surface area contributed by atoms with E-state index >= 15 is 0 Å². The highest BCUT2D eigenvalue weighted by Crippen LogP contribution is 2.34. The van der Waals surface area contributed by atoms with E-state index in [1.165, 1.54) is 48.5 Å². The first kappa shape index (κ1) is 18.6. The lowest BCUT2D eigenvalue weighted by molar-refractivity contribution is -0.137. The van der Waals surface area contributed by atoms with Crippen LogP contribution in [0.1, 0.15) is 5.56 Å². The fraction of sp³-hybridized carbons (Fsp3) is 0.0455. The molecule has 0 spiro atoms. The summed E-state index contributed by atoms with van der Waals surface area (Å²) in [5.41, 5.74) is 0.254. The zero-order valence-electron chi connectivity index (χ0n) is 14.7. The third-order valence-electron chi connectivity index (χ3n) is 4.51. The highest BCUT2D eigenvalue weighted by atomic mass is 19.4. The predicted octanol–water partition coefficient (Wildman–Crippen LogP) is 5.56. The van der Waals surface area contributed by atoms with Crippen molar-refractivity contribution >= 4 is 11.0 Å². The van der Waals surface area contributed by atoms with Crippen molar-refractivity contribution in [2.75, 3.05) is 0 Å². The molecule has 146 valence electrons. The summed E-state index contributed by atoms with van der Waals surface area (Å²) in [7, 11) is 0. The second-order valence-corrected chi connectivity index (χ2v) is 6.47. The Morgan fingerprint density at radius 2 is 1.48 bits per heavy atom. The van der Waals surface area contributed by atoms with Gasteiger partial charge in [-0.1, -0.05) is 18.2 Å². The molecule has 0 aliphatic rings. The van der Waals surface area contributed by atoms with E-state index in [9.17, 15) is 28.2 Å². The van der Waals surface area contributed by atoms with Crippen molar-refractivity contribution in [1.82, 2.24) is 0 Å². The maximum absolute atomic E-state index is 13.0. The summed E-state index contributed by atoms with van der Waals surface area (Å²) in [6.07, 6.45) is -4.46. The SMILES string of the molecule is O=c1cc(-c2ccc(O)c(O)c2)oc2ccc(-c3cccc(C(F)(F)F)c3)cc12. The van der Waals surface area contributed by atoms with E-state index in [1.807, 2.05) is 0 Å². The summed E-state index contributed by atoms with van der Waals surface area (Å²) < 4.78 is 44.6. The van der Waals surface area contributed by atoms with Crippen LogP contribution in [0.5, 0.6) is 11.5 Å². The van der Waals surface area contributed by atoms with Gasteiger partial charge in [0.1, 0.15) is 11.3 Å². The van der Waals surface area contributed by atoms with E-state index in [-0.39, 0.29) is 33.7 Å². The second-order valence-electron chi connectivity index (χ2n) is 6.47. The Hall–Kier alpha value is -3.74. The molecular weight excluding hydrogens is 385 g/mol. The summed E-state index contributed by atoms with van der Waals surface area (Å²) in [6, 6.07) is 14.7. The van der Waals surface area contributed by atoms with Gasteiger partial charge in [0.15, 0.2) is 16.9 Å². The van der Waals surface area contributed by atoms with Crippen LogP contribution >= 0.6 is 0 Å². The van der Waals surface area contributed by atoms with Crippen molar-refractivity contribution < 1.29 is 27.8 Å². The number of hydrogen-bond donors (Lipinski definition) is 2. The number of rotatable bonds is 2. The highest BCUT2D eigenvalue weighted by molar-refractivity contribution is 5.84. The average molecular weight is 398 g/mol. The van der Waals surface area contributed by atoms with Crippen molar-refractivity contribution in [1.29, 1.82) is 0 Å². The Labute approximate surface area is 162 Å². The molecule has 7 heteroatoms. The van der Waals surface area contributed by atoms with Crippen LogP contribution in [0, 0.1) is 0 Å². The van der Waals surface area contributed by atoms with Crippen molar-refractivity contribution in [2.45, 2.75) is 6.18 Å². The number of benzene rings is 3. The monoisotopic (exact) mass is 398 g/mol. The van der Waals surface area contributed by atoms with Gasteiger partial charge in [0, 0.05) is 11.6 Å². The zero-order chi connectivity index (χ0) is 20.8. The second kappa shape index (κ2) is 6.70. The molecule has 0 unspecified atom stereocenters. The van der Waals surface area contributed by atoms with Crippen LogP contribution in [0.2, 0.25) is 0 Å². The molecule has 3 aromatic carbocycles. The lowest BCUT2D eigenvalue weighted by Gasteiger charge is -2.10. The third-order valence-corrected chi connectivity index (χ3v) is 4.51. The number of halogens is 3. The minimum atomic E-state index is -4.46. The number of fused-ring (bicyclic) bond motifs is 1. The smallest absolute Gasteiger partial charge is 0.416 e. The van der Waals surface area contributed by atoms with Crippen LogP contribution in [0.4, 0.5) is 13.2 Å². The fourth-order valence-electron chi connectivity index (χ4n) is 3.03. The highest BCUT2D eigenvalue weighted by Gasteiger charge is 2.30. The first-order valence-corrected chi connectivity index (χ1v) is 8.50. The molecule has 0 atom stereocenters. The molecule has 0 saturated heterocycles. The molecule has 0 aliphatic heterocycles. The van der Waals surface area contributed by atoms with Crippen LogP contribution in [0.25, 0.3) is 33.4 Å². The minimum absolute atomic E-state index is 0.185. The summed E-state index contributed by atoms with van der Waals surface area (Å²) in [6.45, 7) is 0. The zero-order valence-corrected chi connectivity index (χ0v) is 14.7. The van der Waals surface area contributed by atoms with Crippen molar-refractivity contribution in [3.05, 3.63) is 82.5 Å². The standard InChI is InChI=1S/C22H13F3O4/c23-22(24,25)15-3-1-2-12(8-15)13-5-7-20-16(9-13)18(27)11-21(29-20)14-4-6-17(26)19(28)10-14/h1-11,26,28H. The number of phenolic OH excluding ortho intramolecular Hbond substituents is 2. The largest absolute Gasteiger partial charge is 0.504 e. The van der Waals surface area contributed by atoms with Gasteiger partial charge in [-0.15, -0.1) is 0 Å². The number of hydrogen-bond acceptors (Lipinski definition) is 4. The van der Waals surface area contributed by atoms with Crippen molar-refractivity contribution in [3.8, 4) is 33.9 Å². The lowest BCUT2D eigenvalue weighted by atomic mass is 10.0. The van der Waals surface area contributed by atoms with E-state index in [1.54, 1.807) is 6.07 Å². The van der Waals surface area contributed by atoms with Crippen LogP contribution in [-0.4, -0.2) is 10.2 Å². The molecule has 0 bridgehead atoms. The van der Waals surface area contributed by atoms with Gasteiger partial charge in [0.25, 0.3) is 0 Å². The molecule has 0 amide bonds. The normalized spacial score (nSPS) is 11.7. The first-order chi connectivity index (χ1) is 13.7. The van der Waals surface area contributed by atoms with Gasteiger partial charge < -0.3 is 14.6 Å². The molecule has 2 N–H and O–H groups in total. The Balaban J connectivity index is 1.81. The maximum Gasteiger partial charge on any atom is 0.416 e. The molecule has 4 rings (SSSR count). The van der Waals surface area contributed by atoms with Gasteiger partial charge in [0.2, 0.25) is 0 Å². The number of aromatic hydroxyl groups is 2. The Bertz CT molecular complexity index is 1290. The molecule has 4 aromatic rings. The van der Waals surface area contributed by atoms with Crippen LogP contribution in [-0.2, 0) is 6.18 Å². The first-order valence-electron chi connectivity index (χ1n) is 8.50. The Kier molecular flexibility index (Phi) is 4.30. The number of alkyl halides is 3. The topological polar surface area (TPSA) is 70.7 Å². The van der Waals surface area contributed by atoms with Crippen LogP contribution in [0.3, 0.4) is 0 Å². The molecule has 29 heavy (non-hydrogen) atoms. The molecule has 1 aromatic heterocycles. The Morgan fingerprint density at radius 1 is 0.759 bits per heavy atom. The molecule has 4 nitrogen and oxygen atoms in total. The molecular formula is C22H13F3O4. The summed E-state index contributed by atoms with van der Waals surface area (Å²) >= 11 is 0. The van der Waals surface area contributed by atoms with Crippen LogP contribution in [0.15, 0.2) is 75.9 Å². The van der Waals surface area contributed by atoms with Gasteiger partial charge in [-0.3, -0.25) is 4.79 Å². The third kappa shape index (κ3) is 3.54. The molecule has 0 radical (unpaired) electrons. The molecule has 0 saturated carbocycles. The quantitative estimate of drug-likeness (QED) is 0.434. The average Bonchev–Trinajstić information content (AvgIpc) is 2.69. The van der Waals surface area contributed by atoms with Crippen LogP contribution < -0.4 is 5.43 Å². The minimum Gasteiger partial charge on any atom is -0.504 e. The summed E-state index contributed by atoms with van der Waals surface area (Å²) in [4.78, 5) is 12.6. The lowest BCUT2D eigenvalue weighted by Crippen LogP contribution is -2.04. The fourth-order valence-corrected chi connectivity index (χ4v) is 3.03. The predicted molar refractivity (Wildman–Crippen MR) is 102 cm³/mol. The van der Waals surface area contributed by atoms with E-state index in [2.05, 4.69) is 0 Å². The van der Waals surface area contributed by atoms with E-state index in [4.69, 9.17) is 4.42 Å². The maximum atomic E-state index is 13.0. The van der Waals surface area contributed by atoms with Gasteiger partial charge in [-0.2, -0.15) is 13.2 Å². The number of phenols is 2. The van der Waals surface area contributed by atoms with Gasteiger partial charge in [0.05, 0.1) is 10.9 Å². The van der Waals surface area contributed by atoms with Crippen molar-refractivity contribution in [2.24, 2.45) is 0 Å². The van der Waals surface area contributed by atoms with Gasteiger partial charge >= 0.3 is 6.18 Å². The Morgan fingerprint density at radius 3 is 2.21 bits per heavy atom. The molecule has 0 fully saturated rings. The van der Waals surface area contributed by atoms with Crippen molar-refractivity contribution in [3.63, 3.8) is 0 Å². The molecule has 0 aliphatic carbocycles. The van der Waals surface area contributed by atoms with E-state index in [0.29, 0.717) is 16.7 Å². The molecule has 1 heterocycles. The van der Waals surface area contributed by atoms with Gasteiger partial charge in [-0.05, 0) is 53.6 Å². The van der Waals surface area contributed by atoms with Gasteiger partial charge in [-0.25, -0.2) is 0 Å². The van der Waals surface area contributed by atoms with E-state index in [0.717, 1.165) is 12.1 Å². The van der Waals surface area contributed by atoms with E-state index < -0.39 is 11.7 Å². The summed E-state index contributed by atoms with van der Waals surface area (Å²) in [5, 5.41) is 19.3. The summed E-state index contributed by atoms with van der Waals surface area (Å²) in [5.74, 6) is -0.475.